The fourth-order valence-corrected chi connectivity index (χ4v) is 3.86. The maximum atomic E-state index is 12.6. The molecule has 0 radical (unpaired) electrons. The number of rotatable bonds is 13. The first-order valence-electron chi connectivity index (χ1n) is 10.2. The number of thioether (sulfide) groups is 1. The summed E-state index contributed by atoms with van der Waals surface area (Å²) < 4.78 is 12.6. The van der Waals surface area contributed by atoms with Crippen molar-refractivity contribution in [2.75, 3.05) is 20.8 Å². The smallest absolute Gasteiger partial charge is 0.233 e. The molecule has 0 unspecified atom stereocenters. The van der Waals surface area contributed by atoms with Gasteiger partial charge >= 0.3 is 0 Å². The SMILES string of the molecule is C=CCn1c(CCCC)nnc1S[C@@H](C)C(=O)NCCc1ccc(OC)c(OC)c1. The number of carbonyl (C=O) groups excluding carboxylic acids is 1. The Bertz CT molecular complexity index is 838. The van der Waals surface area contributed by atoms with E-state index in [0.29, 0.717) is 31.0 Å². The van der Waals surface area contributed by atoms with Crippen molar-refractivity contribution in [2.45, 2.75) is 56.5 Å². The number of aryl methyl sites for hydroxylation is 1. The predicted molar refractivity (Wildman–Crippen MR) is 120 cm³/mol. The molecule has 1 atom stereocenters. The van der Waals surface area contributed by atoms with Gasteiger partial charge in [-0.25, -0.2) is 0 Å². The molecule has 0 saturated carbocycles. The zero-order valence-electron chi connectivity index (χ0n) is 18.3. The molecule has 1 amide bonds. The zero-order valence-corrected chi connectivity index (χ0v) is 19.1. The molecule has 8 heteroatoms. The molecule has 0 aliphatic heterocycles. The fourth-order valence-electron chi connectivity index (χ4n) is 2.96. The highest BCUT2D eigenvalue weighted by Gasteiger charge is 2.19. The monoisotopic (exact) mass is 432 g/mol. The number of ether oxygens (including phenoxy) is 2. The van der Waals surface area contributed by atoms with Gasteiger partial charge in [-0.2, -0.15) is 0 Å². The van der Waals surface area contributed by atoms with E-state index in [1.807, 2.05) is 35.8 Å². The summed E-state index contributed by atoms with van der Waals surface area (Å²) in [5, 5.41) is 12.1. The standard InChI is InChI=1S/C22H32N4O3S/c1-6-8-9-20-24-25-22(26(20)14-7-2)30-16(3)21(27)23-13-12-17-10-11-18(28-4)19(15-17)29-5/h7,10-11,15-16H,2,6,8-9,12-14H2,1,3-5H3,(H,23,27)/t16-/m0/s1. The summed E-state index contributed by atoms with van der Waals surface area (Å²) in [6, 6.07) is 5.77. The number of amides is 1. The maximum absolute atomic E-state index is 12.6. The van der Waals surface area contributed by atoms with E-state index in [2.05, 4.69) is 29.0 Å². The molecule has 1 aromatic carbocycles. The largest absolute Gasteiger partial charge is 0.493 e. The lowest BCUT2D eigenvalue weighted by atomic mass is 10.1. The molecule has 0 saturated heterocycles. The van der Waals surface area contributed by atoms with Crippen LogP contribution in [0.1, 0.15) is 38.1 Å². The van der Waals surface area contributed by atoms with E-state index < -0.39 is 0 Å². The molecule has 0 aliphatic carbocycles. The van der Waals surface area contributed by atoms with E-state index in [-0.39, 0.29) is 11.2 Å². The number of unbranched alkanes of at least 4 members (excludes halogenated alkanes) is 1. The summed E-state index contributed by atoms with van der Waals surface area (Å²) in [5.41, 5.74) is 1.07. The first-order chi connectivity index (χ1) is 14.5. The highest BCUT2D eigenvalue weighted by atomic mass is 32.2. The van der Waals surface area contributed by atoms with Crippen LogP contribution in [0.3, 0.4) is 0 Å². The second-order valence-corrected chi connectivity index (χ2v) is 8.20. The molecule has 2 aromatic rings. The van der Waals surface area contributed by atoms with Crippen molar-refractivity contribution >= 4 is 17.7 Å². The average molecular weight is 433 g/mol. The van der Waals surface area contributed by atoms with Crippen LogP contribution in [0.2, 0.25) is 0 Å². The third-order valence-electron chi connectivity index (χ3n) is 4.67. The summed E-state index contributed by atoms with van der Waals surface area (Å²) >= 11 is 1.42. The minimum Gasteiger partial charge on any atom is -0.493 e. The molecule has 164 valence electrons. The van der Waals surface area contributed by atoms with Crippen molar-refractivity contribution in [2.24, 2.45) is 0 Å². The van der Waals surface area contributed by atoms with Crippen LogP contribution >= 0.6 is 11.8 Å². The Hall–Kier alpha value is -2.48. The van der Waals surface area contributed by atoms with Gasteiger partial charge in [0.2, 0.25) is 5.91 Å². The highest BCUT2D eigenvalue weighted by Crippen LogP contribution is 2.27. The van der Waals surface area contributed by atoms with Crippen LogP contribution in [-0.2, 0) is 24.2 Å². The van der Waals surface area contributed by atoms with Crippen molar-refractivity contribution in [1.82, 2.24) is 20.1 Å². The molecule has 7 nitrogen and oxygen atoms in total. The van der Waals surface area contributed by atoms with Crippen molar-refractivity contribution in [3.8, 4) is 11.5 Å². The second kappa shape index (κ2) is 12.3. The first-order valence-corrected chi connectivity index (χ1v) is 11.1. The topological polar surface area (TPSA) is 78.3 Å². The van der Waals surface area contributed by atoms with Crippen LogP contribution in [-0.4, -0.2) is 46.7 Å². The zero-order chi connectivity index (χ0) is 21.9. The van der Waals surface area contributed by atoms with Crippen LogP contribution in [0.5, 0.6) is 11.5 Å². The molecule has 2 rings (SSSR count). The molecule has 1 N–H and O–H groups in total. The molecule has 0 aliphatic rings. The number of carbonyl (C=O) groups is 1. The van der Waals surface area contributed by atoms with Crippen LogP contribution in [0.4, 0.5) is 0 Å². The van der Waals surface area contributed by atoms with Crippen molar-refractivity contribution in [1.29, 1.82) is 0 Å². The molecule has 0 bridgehead atoms. The fraction of sp³-hybridized carbons (Fsp3) is 0.500. The predicted octanol–water partition coefficient (Wildman–Crippen LogP) is 3.66. The van der Waals surface area contributed by atoms with Crippen LogP contribution in [0.15, 0.2) is 36.0 Å². The van der Waals surface area contributed by atoms with Gasteiger partial charge in [0.15, 0.2) is 16.7 Å². The third-order valence-corrected chi connectivity index (χ3v) is 5.75. The van der Waals surface area contributed by atoms with Crippen LogP contribution < -0.4 is 14.8 Å². The molecule has 0 spiro atoms. The van der Waals surface area contributed by atoms with E-state index in [9.17, 15) is 4.79 Å². The van der Waals surface area contributed by atoms with Gasteiger partial charge in [-0.3, -0.25) is 4.79 Å². The Labute approximate surface area is 183 Å². The van der Waals surface area contributed by atoms with Crippen molar-refractivity contribution < 1.29 is 14.3 Å². The van der Waals surface area contributed by atoms with Crippen molar-refractivity contribution in [3.63, 3.8) is 0 Å². The second-order valence-electron chi connectivity index (χ2n) is 6.89. The van der Waals surface area contributed by atoms with E-state index in [4.69, 9.17) is 9.47 Å². The summed E-state index contributed by atoms with van der Waals surface area (Å²) in [6.07, 6.45) is 5.58. The van der Waals surface area contributed by atoms with E-state index in [0.717, 1.165) is 35.8 Å². The normalized spacial score (nSPS) is 11.7. The number of hydrogen-bond acceptors (Lipinski definition) is 6. The first kappa shape index (κ1) is 23.8. The van der Waals surface area contributed by atoms with E-state index in [1.54, 1.807) is 14.2 Å². The van der Waals surface area contributed by atoms with Gasteiger partial charge in [0.05, 0.1) is 19.5 Å². The lowest BCUT2D eigenvalue weighted by Crippen LogP contribution is -2.32. The molecule has 1 aromatic heterocycles. The summed E-state index contributed by atoms with van der Waals surface area (Å²) in [5.74, 6) is 2.30. The Balaban J connectivity index is 1.90. The number of benzene rings is 1. The highest BCUT2D eigenvalue weighted by molar-refractivity contribution is 8.00. The van der Waals surface area contributed by atoms with Gasteiger partial charge in [-0.15, -0.1) is 16.8 Å². The van der Waals surface area contributed by atoms with Gasteiger partial charge in [0.1, 0.15) is 5.82 Å². The Kier molecular flexibility index (Phi) is 9.73. The summed E-state index contributed by atoms with van der Waals surface area (Å²) in [4.78, 5) is 12.6. The number of hydrogen-bond donors (Lipinski definition) is 1. The maximum Gasteiger partial charge on any atom is 0.233 e. The quantitative estimate of drug-likeness (QED) is 0.384. The number of methoxy groups -OCH3 is 2. The van der Waals surface area contributed by atoms with Gasteiger partial charge < -0.3 is 19.4 Å². The number of nitrogens with one attached hydrogen (secondary N) is 1. The lowest BCUT2D eigenvalue weighted by Gasteiger charge is -2.13. The van der Waals surface area contributed by atoms with Crippen LogP contribution in [0, 0.1) is 0 Å². The van der Waals surface area contributed by atoms with Gasteiger partial charge in [0.25, 0.3) is 0 Å². The summed E-state index contributed by atoms with van der Waals surface area (Å²) in [6.45, 7) is 9.04. The van der Waals surface area contributed by atoms with Gasteiger partial charge in [-0.05, 0) is 37.5 Å². The molecule has 0 fully saturated rings. The third kappa shape index (κ3) is 6.52. The minimum atomic E-state index is -0.276. The number of allylic oxidation sites excluding steroid dienone is 1. The lowest BCUT2D eigenvalue weighted by molar-refractivity contribution is -0.120. The minimum absolute atomic E-state index is 0.0243. The van der Waals surface area contributed by atoms with Gasteiger partial charge in [-0.1, -0.05) is 37.2 Å². The Morgan fingerprint density at radius 1 is 1.27 bits per heavy atom. The number of aromatic nitrogens is 3. The Morgan fingerprint density at radius 2 is 2.03 bits per heavy atom. The molecule has 30 heavy (non-hydrogen) atoms. The summed E-state index contributed by atoms with van der Waals surface area (Å²) in [7, 11) is 3.22. The van der Waals surface area contributed by atoms with Gasteiger partial charge in [0, 0.05) is 19.5 Å². The van der Waals surface area contributed by atoms with E-state index in [1.165, 1.54) is 11.8 Å². The average Bonchev–Trinajstić information content (AvgIpc) is 3.13. The molecular weight excluding hydrogens is 400 g/mol. The molecular formula is C22H32N4O3S. The van der Waals surface area contributed by atoms with E-state index >= 15 is 0 Å². The van der Waals surface area contributed by atoms with Crippen LogP contribution in [0.25, 0.3) is 0 Å². The van der Waals surface area contributed by atoms with Crippen molar-refractivity contribution in [3.05, 3.63) is 42.2 Å². The number of nitrogens with zero attached hydrogens (tertiary/aromatic N) is 3. The molecule has 1 heterocycles. The Morgan fingerprint density at radius 3 is 2.70 bits per heavy atom.